The minimum absolute atomic E-state index is 0.0199. The van der Waals surface area contributed by atoms with Gasteiger partial charge in [-0.1, -0.05) is 38.5 Å². The third-order valence-electron chi connectivity index (χ3n) is 5.15. The van der Waals surface area contributed by atoms with E-state index in [4.69, 9.17) is 9.15 Å². The third kappa shape index (κ3) is 4.70. The first kappa shape index (κ1) is 21.1. The number of furan rings is 1. The molecule has 0 aliphatic carbocycles. The molecule has 0 spiro atoms. The number of fused-ring (bicyclic) bond motifs is 1. The quantitative estimate of drug-likeness (QED) is 0.359. The standard InChI is InChI=1S/C25H31NO3/c1-5-7-11-22-23(20-10-8-9-12-21(20)29-22)24(27)19-15-17(3)25(18(4)16-19)28-14-13-26-6-2/h8-10,12,15-16,26H,5-7,11,13-14H2,1-4H3. The summed E-state index contributed by atoms with van der Waals surface area (Å²) in [4.78, 5) is 13.5. The van der Waals surface area contributed by atoms with Crippen molar-refractivity contribution in [2.75, 3.05) is 19.7 Å². The van der Waals surface area contributed by atoms with Crippen LogP contribution in [0.15, 0.2) is 40.8 Å². The van der Waals surface area contributed by atoms with Gasteiger partial charge in [0.05, 0.1) is 5.56 Å². The predicted octanol–water partition coefficient (Wildman–Crippen LogP) is 5.61. The number of hydrogen-bond acceptors (Lipinski definition) is 4. The van der Waals surface area contributed by atoms with Crippen LogP contribution in [0.25, 0.3) is 11.0 Å². The van der Waals surface area contributed by atoms with Crippen LogP contribution in [0.1, 0.15) is 59.5 Å². The Kier molecular flexibility index (Phi) is 7.10. The number of carbonyl (C=O) groups excluding carboxylic acids is 1. The van der Waals surface area contributed by atoms with Crippen LogP contribution in [0, 0.1) is 13.8 Å². The summed E-state index contributed by atoms with van der Waals surface area (Å²) in [5, 5.41) is 4.15. The van der Waals surface area contributed by atoms with E-state index in [-0.39, 0.29) is 5.78 Å². The molecule has 0 aliphatic heterocycles. The van der Waals surface area contributed by atoms with Gasteiger partial charge in [-0.05, 0) is 56.1 Å². The SMILES string of the molecule is CCCCc1oc2ccccc2c1C(=O)c1cc(C)c(OCCNCC)c(C)c1. The molecule has 0 saturated carbocycles. The summed E-state index contributed by atoms with van der Waals surface area (Å²) in [6, 6.07) is 11.7. The highest BCUT2D eigenvalue weighted by Crippen LogP contribution is 2.31. The lowest BCUT2D eigenvalue weighted by atomic mass is 9.95. The first-order valence-electron chi connectivity index (χ1n) is 10.6. The average Bonchev–Trinajstić information content (AvgIpc) is 3.08. The highest BCUT2D eigenvalue weighted by molar-refractivity contribution is 6.17. The Labute approximate surface area is 173 Å². The number of hydrogen-bond donors (Lipinski definition) is 1. The lowest BCUT2D eigenvalue weighted by Crippen LogP contribution is -2.20. The number of benzene rings is 2. The van der Waals surface area contributed by atoms with Crippen LogP contribution in [0.2, 0.25) is 0 Å². The zero-order chi connectivity index (χ0) is 20.8. The van der Waals surface area contributed by atoms with Crippen molar-refractivity contribution in [1.82, 2.24) is 5.32 Å². The van der Waals surface area contributed by atoms with Crippen LogP contribution < -0.4 is 10.1 Å². The number of nitrogens with one attached hydrogen (secondary N) is 1. The maximum absolute atomic E-state index is 13.5. The molecule has 2 aromatic carbocycles. The van der Waals surface area contributed by atoms with E-state index >= 15 is 0 Å². The Hall–Kier alpha value is -2.59. The molecule has 0 radical (unpaired) electrons. The number of likely N-dealkylation sites (N-methyl/N-ethyl adjacent to an activating group) is 1. The molecule has 0 bridgehead atoms. The highest BCUT2D eigenvalue weighted by atomic mass is 16.5. The zero-order valence-electron chi connectivity index (χ0n) is 17.9. The number of ketones is 1. The molecule has 29 heavy (non-hydrogen) atoms. The predicted molar refractivity (Wildman–Crippen MR) is 118 cm³/mol. The topological polar surface area (TPSA) is 51.5 Å². The molecular formula is C25H31NO3. The van der Waals surface area contributed by atoms with Crippen molar-refractivity contribution >= 4 is 16.8 Å². The smallest absolute Gasteiger partial charge is 0.197 e. The van der Waals surface area contributed by atoms with E-state index in [1.54, 1.807) is 0 Å². The van der Waals surface area contributed by atoms with Gasteiger partial charge in [0.25, 0.3) is 0 Å². The van der Waals surface area contributed by atoms with Gasteiger partial charge in [0.2, 0.25) is 0 Å². The Morgan fingerprint density at radius 1 is 1.10 bits per heavy atom. The molecule has 0 atom stereocenters. The first-order valence-corrected chi connectivity index (χ1v) is 10.6. The van der Waals surface area contributed by atoms with Crippen molar-refractivity contribution in [2.24, 2.45) is 0 Å². The molecule has 1 N–H and O–H groups in total. The number of para-hydroxylation sites is 1. The van der Waals surface area contributed by atoms with Crippen LogP contribution in [-0.4, -0.2) is 25.5 Å². The minimum Gasteiger partial charge on any atom is -0.492 e. The van der Waals surface area contributed by atoms with Gasteiger partial charge in [0, 0.05) is 23.9 Å². The fourth-order valence-corrected chi connectivity index (χ4v) is 3.71. The number of rotatable bonds is 10. The van der Waals surface area contributed by atoms with Gasteiger partial charge in [-0.3, -0.25) is 4.79 Å². The van der Waals surface area contributed by atoms with Crippen LogP contribution in [0.4, 0.5) is 0 Å². The Morgan fingerprint density at radius 3 is 2.52 bits per heavy atom. The Morgan fingerprint density at radius 2 is 1.83 bits per heavy atom. The van der Waals surface area contributed by atoms with Crippen molar-refractivity contribution in [1.29, 1.82) is 0 Å². The summed E-state index contributed by atoms with van der Waals surface area (Å²) in [6.45, 7) is 10.6. The molecular weight excluding hydrogens is 362 g/mol. The van der Waals surface area contributed by atoms with Gasteiger partial charge in [0.1, 0.15) is 23.7 Å². The van der Waals surface area contributed by atoms with E-state index in [2.05, 4.69) is 19.2 Å². The Balaban J connectivity index is 1.94. The van der Waals surface area contributed by atoms with Gasteiger partial charge in [0.15, 0.2) is 5.78 Å². The third-order valence-corrected chi connectivity index (χ3v) is 5.15. The molecule has 1 heterocycles. The molecule has 0 saturated heterocycles. The van der Waals surface area contributed by atoms with Crippen molar-refractivity contribution < 1.29 is 13.9 Å². The van der Waals surface area contributed by atoms with Crippen LogP contribution in [-0.2, 0) is 6.42 Å². The minimum atomic E-state index is 0.0199. The summed E-state index contributed by atoms with van der Waals surface area (Å²) < 4.78 is 12.0. The molecule has 4 nitrogen and oxygen atoms in total. The van der Waals surface area contributed by atoms with E-state index in [1.165, 1.54) is 0 Å². The molecule has 0 fully saturated rings. The lowest BCUT2D eigenvalue weighted by Gasteiger charge is -2.14. The van der Waals surface area contributed by atoms with Gasteiger partial charge in [-0.25, -0.2) is 0 Å². The maximum atomic E-state index is 13.5. The second kappa shape index (κ2) is 9.75. The first-order chi connectivity index (χ1) is 14.1. The monoisotopic (exact) mass is 393 g/mol. The van der Waals surface area contributed by atoms with E-state index in [0.717, 1.165) is 66.0 Å². The van der Waals surface area contributed by atoms with Gasteiger partial charge in [-0.15, -0.1) is 0 Å². The number of aryl methyl sites for hydroxylation is 3. The normalized spacial score (nSPS) is 11.2. The maximum Gasteiger partial charge on any atom is 0.197 e. The number of unbranched alkanes of at least 4 members (excludes halogenated alkanes) is 1. The van der Waals surface area contributed by atoms with E-state index in [0.29, 0.717) is 17.7 Å². The molecule has 3 rings (SSSR count). The zero-order valence-corrected chi connectivity index (χ0v) is 17.9. The summed E-state index contributed by atoms with van der Waals surface area (Å²) >= 11 is 0. The number of ether oxygens (including phenoxy) is 1. The highest BCUT2D eigenvalue weighted by Gasteiger charge is 2.22. The van der Waals surface area contributed by atoms with Crippen molar-refractivity contribution in [3.8, 4) is 5.75 Å². The van der Waals surface area contributed by atoms with E-state index in [1.807, 2.05) is 50.2 Å². The second-order valence-corrected chi connectivity index (χ2v) is 7.47. The fourth-order valence-electron chi connectivity index (χ4n) is 3.71. The van der Waals surface area contributed by atoms with E-state index in [9.17, 15) is 4.79 Å². The molecule has 0 amide bonds. The molecule has 1 aromatic heterocycles. The van der Waals surface area contributed by atoms with Gasteiger partial charge < -0.3 is 14.5 Å². The summed E-state index contributed by atoms with van der Waals surface area (Å²) in [5.41, 5.74) is 4.12. The van der Waals surface area contributed by atoms with Crippen LogP contribution in [0.5, 0.6) is 5.75 Å². The number of carbonyl (C=O) groups is 1. The fraction of sp³-hybridized carbons (Fsp3) is 0.400. The van der Waals surface area contributed by atoms with E-state index < -0.39 is 0 Å². The summed E-state index contributed by atoms with van der Waals surface area (Å²) in [6.07, 6.45) is 2.83. The molecule has 4 heteroatoms. The molecule has 0 aliphatic rings. The average molecular weight is 394 g/mol. The van der Waals surface area contributed by atoms with Crippen molar-refractivity contribution in [3.63, 3.8) is 0 Å². The van der Waals surface area contributed by atoms with Gasteiger partial charge >= 0.3 is 0 Å². The summed E-state index contributed by atoms with van der Waals surface area (Å²) in [7, 11) is 0. The lowest BCUT2D eigenvalue weighted by molar-refractivity contribution is 0.103. The molecule has 154 valence electrons. The second-order valence-electron chi connectivity index (χ2n) is 7.47. The van der Waals surface area contributed by atoms with Crippen molar-refractivity contribution in [2.45, 2.75) is 47.0 Å². The van der Waals surface area contributed by atoms with Crippen molar-refractivity contribution in [3.05, 3.63) is 64.4 Å². The molecule has 3 aromatic rings. The van der Waals surface area contributed by atoms with Crippen LogP contribution in [0.3, 0.4) is 0 Å². The van der Waals surface area contributed by atoms with Gasteiger partial charge in [-0.2, -0.15) is 0 Å². The Bertz CT molecular complexity index is 964. The molecule has 0 unspecified atom stereocenters. The van der Waals surface area contributed by atoms with Crippen LogP contribution >= 0.6 is 0 Å². The summed E-state index contributed by atoms with van der Waals surface area (Å²) in [5.74, 6) is 1.67. The largest absolute Gasteiger partial charge is 0.492 e.